The van der Waals surface area contributed by atoms with E-state index in [-0.39, 0.29) is 0 Å². The lowest BCUT2D eigenvalue weighted by Crippen LogP contribution is -2.29. The fourth-order valence-corrected chi connectivity index (χ4v) is 1.98. The minimum atomic E-state index is 0.519. The van der Waals surface area contributed by atoms with Crippen LogP contribution in [-0.4, -0.2) is 19.1 Å². The summed E-state index contributed by atoms with van der Waals surface area (Å²) in [5, 5.41) is 3.43. The smallest absolute Gasteiger partial charge is 0.0196 e. The number of hydrogen-bond acceptors (Lipinski definition) is 2. The van der Waals surface area contributed by atoms with E-state index in [2.05, 4.69) is 35.6 Å². The van der Waals surface area contributed by atoms with Crippen LogP contribution in [0.25, 0.3) is 0 Å². The zero-order valence-electron chi connectivity index (χ0n) is 7.74. The van der Waals surface area contributed by atoms with E-state index in [9.17, 15) is 0 Å². The Hall–Kier alpha value is -0.860. The van der Waals surface area contributed by atoms with Crippen LogP contribution >= 0.6 is 0 Å². The molecule has 0 radical (unpaired) electrons. The van der Waals surface area contributed by atoms with Crippen molar-refractivity contribution in [2.45, 2.75) is 18.4 Å². The van der Waals surface area contributed by atoms with E-state index in [1.54, 1.807) is 0 Å². The van der Waals surface area contributed by atoms with E-state index in [1.807, 2.05) is 0 Å². The van der Waals surface area contributed by atoms with Gasteiger partial charge in [0.2, 0.25) is 0 Å². The van der Waals surface area contributed by atoms with Gasteiger partial charge in [0.15, 0.2) is 0 Å². The number of hydrogen-bond donors (Lipinski definition) is 2. The summed E-state index contributed by atoms with van der Waals surface area (Å²) in [6, 6.07) is 11.2. The summed E-state index contributed by atoms with van der Waals surface area (Å²) in [4.78, 5) is 0. The molecule has 2 nitrogen and oxygen atoms in total. The van der Waals surface area contributed by atoms with Gasteiger partial charge in [-0.15, -0.1) is 0 Å². The van der Waals surface area contributed by atoms with Crippen molar-refractivity contribution in [1.82, 2.24) is 5.32 Å². The monoisotopic (exact) mass is 176 g/mol. The van der Waals surface area contributed by atoms with Gasteiger partial charge in [-0.05, 0) is 17.9 Å². The highest BCUT2D eigenvalue weighted by molar-refractivity contribution is 5.21. The van der Waals surface area contributed by atoms with Gasteiger partial charge in [-0.25, -0.2) is 0 Å². The summed E-state index contributed by atoms with van der Waals surface area (Å²) in [6.45, 7) is 1.83. The molecule has 2 atom stereocenters. The standard InChI is InChI=1S/C11H16N2/c12-7-11-6-10(8-13-11)9-4-2-1-3-5-9/h1-5,10-11,13H,6-8,12H2. The summed E-state index contributed by atoms with van der Waals surface area (Å²) in [5.74, 6) is 0.662. The molecule has 3 N–H and O–H groups in total. The lowest BCUT2D eigenvalue weighted by atomic mass is 9.96. The summed E-state index contributed by atoms with van der Waals surface area (Å²) in [7, 11) is 0. The van der Waals surface area contributed by atoms with E-state index < -0.39 is 0 Å². The fourth-order valence-electron chi connectivity index (χ4n) is 1.98. The number of benzene rings is 1. The van der Waals surface area contributed by atoms with Crippen LogP contribution in [0.15, 0.2) is 30.3 Å². The molecule has 1 fully saturated rings. The Labute approximate surface area is 79.1 Å². The van der Waals surface area contributed by atoms with Crippen LogP contribution in [0.4, 0.5) is 0 Å². The van der Waals surface area contributed by atoms with Crippen molar-refractivity contribution in [3.8, 4) is 0 Å². The molecule has 1 aromatic rings. The maximum Gasteiger partial charge on any atom is 0.0196 e. The first-order chi connectivity index (χ1) is 6.40. The molecule has 0 amide bonds. The van der Waals surface area contributed by atoms with E-state index in [1.165, 1.54) is 12.0 Å². The average molecular weight is 176 g/mol. The molecular weight excluding hydrogens is 160 g/mol. The second-order valence-electron chi connectivity index (χ2n) is 3.68. The topological polar surface area (TPSA) is 38.0 Å². The van der Waals surface area contributed by atoms with Crippen LogP contribution in [0, 0.1) is 0 Å². The van der Waals surface area contributed by atoms with E-state index in [0.29, 0.717) is 12.0 Å². The zero-order chi connectivity index (χ0) is 9.10. The Morgan fingerprint density at radius 1 is 1.31 bits per heavy atom. The second kappa shape index (κ2) is 3.90. The molecule has 1 saturated heterocycles. The van der Waals surface area contributed by atoms with Crippen molar-refractivity contribution in [2.24, 2.45) is 5.73 Å². The highest BCUT2D eigenvalue weighted by atomic mass is 15.0. The Bertz CT molecular complexity index is 258. The third-order valence-electron chi connectivity index (χ3n) is 2.78. The number of nitrogens with one attached hydrogen (secondary N) is 1. The van der Waals surface area contributed by atoms with Gasteiger partial charge < -0.3 is 11.1 Å². The first-order valence-corrected chi connectivity index (χ1v) is 4.88. The second-order valence-corrected chi connectivity index (χ2v) is 3.68. The molecule has 1 aromatic carbocycles. The third-order valence-corrected chi connectivity index (χ3v) is 2.78. The first kappa shape index (κ1) is 8.73. The van der Waals surface area contributed by atoms with Crippen molar-refractivity contribution in [3.05, 3.63) is 35.9 Å². The quantitative estimate of drug-likeness (QED) is 0.708. The van der Waals surface area contributed by atoms with Crippen molar-refractivity contribution >= 4 is 0 Å². The van der Waals surface area contributed by atoms with Crippen LogP contribution in [-0.2, 0) is 0 Å². The fraction of sp³-hybridized carbons (Fsp3) is 0.455. The van der Waals surface area contributed by atoms with E-state index in [4.69, 9.17) is 5.73 Å². The molecule has 1 aliphatic heterocycles. The van der Waals surface area contributed by atoms with Gasteiger partial charge in [0.05, 0.1) is 0 Å². The molecule has 0 spiro atoms. The average Bonchev–Trinajstić information content (AvgIpc) is 2.67. The first-order valence-electron chi connectivity index (χ1n) is 4.88. The summed E-state index contributed by atoms with van der Waals surface area (Å²) in [6.07, 6.45) is 1.18. The highest BCUT2D eigenvalue weighted by Crippen LogP contribution is 2.24. The van der Waals surface area contributed by atoms with Gasteiger partial charge in [-0.3, -0.25) is 0 Å². The van der Waals surface area contributed by atoms with Crippen LogP contribution in [0.3, 0.4) is 0 Å². The van der Waals surface area contributed by atoms with Gasteiger partial charge in [0, 0.05) is 19.1 Å². The minimum absolute atomic E-state index is 0.519. The summed E-state index contributed by atoms with van der Waals surface area (Å²) >= 11 is 0. The Morgan fingerprint density at radius 2 is 2.08 bits per heavy atom. The summed E-state index contributed by atoms with van der Waals surface area (Å²) < 4.78 is 0. The lowest BCUT2D eigenvalue weighted by Gasteiger charge is -2.08. The minimum Gasteiger partial charge on any atom is -0.329 e. The van der Waals surface area contributed by atoms with E-state index in [0.717, 1.165) is 13.1 Å². The van der Waals surface area contributed by atoms with Gasteiger partial charge in [0.25, 0.3) is 0 Å². The Morgan fingerprint density at radius 3 is 2.69 bits per heavy atom. The molecule has 70 valence electrons. The molecule has 0 aliphatic carbocycles. The highest BCUT2D eigenvalue weighted by Gasteiger charge is 2.23. The number of rotatable bonds is 2. The van der Waals surface area contributed by atoms with Crippen molar-refractivity contribution in [3.63, 3.8) is 0 Å². The molecule has 2 unspecified atom stereocenters. The van der Waals surface area contributed by atoms with Crippen molar-refractivity contribution in [2.75, 3.05) is 13.1 Å². The number of nitrogens with two attached hydrogens (primary N) is 1. The van der Waals surface area contributed by atoms with Crippen molar-refractivity contribution < 1.29 is 0 Å². The maximum atomic E-state index is 5.61. The third kappa shape index (κ3) is 1.90. The molecule has 1 heterocycles. The Kier molecular flexibility index (Phi) is 2.62. The zero-order valence-corrected chi connectivity index (χ0v) is 7.74. The van der Waals surface area contributed by atoms with Crippen LogP contribution in [0.1, 0.15) is 17.9 Å². The molecule has 2 heteroatoms. The van der Waals surface area contributed by atoms with E-state index >= 15 is 0 Å². The molecule has 1 aliphatic rings. The van der Waals surface area contributed by atoms with Gasteiger partial charge in [-0.1, -0.05) is 30.3 Å². The van der Waals surface area contributed by atoms with Gasteiger partial charge in [0.1, 0.15) is 0 Å². The summed E-state index contributed by atoms with van der Waals surface area (Å²) in [5.41, 5.74) is 7.05. The largest absolute Gasteiger partial charge is 0.329 e. The molecule has 0 bridgehead atoms. The van der Waals surface area contributed by atoms with Crippen LogP contribution in [0.5, 0.6) is 0 Å². The van der Waals surface area contributed by atoms with Crippen molar-refractivity contribution in [1.29, 1.82) is 0 Å². The van der Waals surface area contributed by atoms with Crippen LogP contribution < -0.4 is 11.1 Å². The molecule has 13 heavy (non-hydrogen) atoms. The Balaban J connectivity index is 2.04. The normalized spacial score (nSPS) is 27.8. The SMILES string of the molecule is NCC1CC(c2ccccc2)CN1. The van der Waals surface area contributed by atoms with Gasteiger partial charge >= 0.3 is 0 Å². The molecule has 0 saturated carbocycles. The molecule has 2 rings (SSSR count). The molecule has 0 aromatic heterocycles. The maximum absolute atomic E-state index is 5.61. The van der Waals surface area contributed by atoms with Gasteiger partial charge in [-0.2, -0.15) is 0 Å². The predicted octanol–water partition coefficient (Wildman–Crippen LogP) is 1.09. The van der Waals surface area contributed by atoms with Crippen LogP contribution in [0.2, 0.25) is 0 Å². The predicted molar refractivity (Wildman–Crippen MR) is 54.6 cm³/mol. The molecular formula is C11H16N2. The lowest BCUT2D eigenvalue weighted by molar-refractivity contribution is 0.611.